The first-order valence-electron chi connectivity index (χ1n) is 7.13. The Balaban J connectivity index is 1.97. The van der Waals surface area contributed by atoms with Gasteiger partial charge in [0.05, 0.1) is 18.9 Å². The molecule has 3 rings (SSSR count). The number of benzene rings is 1. The molecule has 2 aromatic rings. The van der Waals surface area contributed by atoms with Gasteiger partial charge in [-0.1, -0.05) is 5.92 Å². The number of hydrogen-bond acceptors (Lipinski definition) is 5. The predicted octanol–water partition coefficient (Wildman–Crippen LogP) is 1.37. The minimum absolute atomic E-state index is 0.00447. The zero-order valence-corrected chi connectivity index (χ0v) is 12.9. The molecule has 1 saturated heterocycles. The SMILES string of the molecule is C#Cc1ccc(-c2nnc(N3CN(C)CC3=O)cc2C)c(O)c1. The number of aromatic hydroxyl groups is 1. The van der Waals surface area contributed by atoms with Gasteiger partial charge in [-0.2, -0.15) is 0 Å². The molecule has 0 saturated carbocycles. The summed E-state index contributed by atoms with van der Waals surface area (Å²) in [5.41, 5.74) is 2.54. The van der Waals surface area contributed by atoms with E-state index in [1.165, 1.54) is 6.07 Å². The van der Waals surface area contributed by atoms with Gasteiger partial charge in [-0.05, 0) is 43.8 Å². The quantitative estimate of drug-likeness (QED) is 0.849. The van der Waals surface area contributed by atoms with Crippen LogP contribution in [-0.2, 0) is 4.79 Å². The molecule has 116 valence electrons. The van der Waals surface area contributed by atoms with Crippen LogP contribution in [0.2, 0.25) is 0 Å². The fourth-order valence-electron chi connectivity index (χ4n) is 2.58. The zero-order valence-electron chi connectivity index (χ0n) is 12.9. The van der Waals surface area contributed by atoms with Gasteiger partial charge >= 0.3 is 0 Å². The maximum atomic E-state index is 11.9. The molecule has 0 aliphatic carbocycles. The Hall–Kier alpha value is -2.91. The molecule has 23 heavy (non-hydrogen) atoms. The van der Waals surface area contributed by atoms with Gasteiger partial charge in [0, 0.05) is 11.1 Å². The van der Waals surface area contributed by atoms with Crippen LogP contribution in [0.15, 0.2) is 24.3 Å². The van der Waals surface area contributed by atoms with Gasteiger partial charge in [0.2, 0.25) is 5.91 Å². The second-order valence-corrected chi connectivity index (χ2v) is 5.59. The molecule has 1 amide bonds. The number of anilines is 1. The molecule has 1 N–H and O–H groups in total. The van der Waals surface area contributed by atoms with Crippen LogP contribution in [-0.4, -0.2) is 46.4 Å². The van der Waals surface area contributed by atoms with Crippen molar-refractivity contribution in [2.24, 2.45) is 0 Å². The number of aromatic nitrogens is 2. The lowest BCUT2D eigenvalue weighted by atomic mass is 10.0. The molecule has 0 unspecified atom stereocenters. The Labute approximate surface area is 134 Å². The van der Waals surface area contributed by atoms with Crippen molar-refractivity contribution < 1.29 is 9.90 Å². The van der Waals surface area contributed by atoms with E-state index in [0.717, 1.165) is 5.56 Å². The molecule has 2 heterocycles. The number of amides is 1. The average molecular weight is 308 g/mol. The van der Waals surface area contributed by atoms with Crippen LogP contribution >= 0.6 is 0 Å². The average Bonchev–Trinajstić information content (AvgIpc) is 2.86. The molecule has 1 aliphatic heterocycles. The van der Waals surface area contributed by atoms with E-state index < -0.39 is 0 Å². The third-order valence-corrected chi connectivity index (χ3v) is 3.76. The number of aryl methyl sites for hydroxylation is 1. The Morgan fingerprint density at radius 2 is 2.09 bits per heavy atom. The number of rotatable bonds is 2. The third-order valence-electron chi connectivity index (χ3n) is 3.76. The Bertz CT molecular complexity index is 826. The van der Waals surface area contributed by atoms with E-state index in [1.54, 1.807) is 23.1 Å². The smallest absolute Gasteiger partial charge is 0.243 e. The van der Waals surface area contributed by atoms with Gasteiger partial charge in [-0.25, -0.2) is 0 Å². The van der Waals surface area contributed by atoms with E-state index in [2.05, 4.69) is 16.1 Å². The Kier molecular flexibility index (Phi) is 3.72. The summed E-state index contributed by atoms with van der Waals surface area (Å²) in [5.74, 6) is 3.04. The largest absolute Gasteiger partial charge is 0.507 e. The number of phenols is 1. The summed E-state index contributed by atoms with van der Waals surface area (Å²) < 4.78 is 0. The van der Waals surface area contributed by atoms with Crippen LogP contribution in [0.3, 0.4) is 0 Å². The van der Waals surface area contributed by atoms with Crippen LogP contribution in [0.1, 0.15) is 11.1 Å². The van der Waals surface area contributed by atoms with Crippen molar-refractivity contribution in [2.75, 3.05) is 25.2 Å². The van der Waals surface area contributed by atoms with Gasteiger partial charge in [0.1, 0.15) is 5.75 Å². The van der Waals surface area contributed by atoms with Gasteiger partial charge < -0.3 is 5.11 Å². The number of hydrogen-bond donors (Lipinski definition) is 1. The number of likely N-dealkylation sites (N-methyl/N-ethyl adjacent to an activating group) is 1. The first-order valence-corrected chi connectivity index (χ1v) is 7.13. The summed E-state index contributed by atoms with van der Waals surface area (Å²) in [6.45, 7) is 2.73. The fraction of sp³-hybridized carbons (Fsp3) is 0.235. The molecule has 0 radical (unpaired) electrons. The van der Waals surface area contributed by atoms with Crippen molar-refractivity contribution >= 4 is 11.7 Å². The highest BCUT2D eigenvalue weighted by Crippen LogP contribution is 2.31. The topological polar surface area (TPSA) is 69.6 Å². The second-order valence-electron chi connectivity index (χ2n) is 5.59. The van der Waals surface area contributed by atoms with E-state index in [9.17, 15) is 9.90 Å². The fourth-order valence-corrected chi connectivity index (χ4v) is 2.58. The van der Waals surface area contributed by atoms with Crippen LogP contribution < -0.4 is 4.90 Å². The first kappa shape index (κ1) is 15.0. The molecule has 1 fully saturated rings. The molecule has 1 aliphatic rings. The van der Waals surface area contributed by atoms with E-state index in [1.807, 2.05) is 18.9 Å². The summed E-state index contributed by atoms with van der Waals surface area (Å²) in [4.78, 5) is 15.4. The van der Waals surface area contributed by atoms with Crippen molar-refractivity contribution in [1.29, 1.82) is 0 Å². The normalized spacial score (nSPS) is 15.0. The molecule has 0 bridgehead atoms. The number of carbonyl (C=O) groups is 1. The molecule has 0 spiro atoms. The molecule has 6 nitrogen and oxygen atoms in total. The van der Waals surface area contributed by atoms with E-state index >= 15 is 0 Å². The van der Waals surface area contributed by atoms with Crippen LogP contribution in [0, 0.1) is 19.3 Å². The summed E-state index contributed by atoms with van der Waals surface area (Å²) in [7, 11) is 1.87. The minimum Gasteiger partial charge on any atom is -0.507 e. The second kappa shape index (κ2) is 5.71. The lowest BCUT2D eigenvalue weighted by Gasteiger charge is -2.16. The standard InChI is InChI=1S/C17H16N4O2/c1-4-12-5-6-13(14(22)8-12)17-11(2)7-15(18-19-17)21-10-20(3)9-16(21)23/h1,5-8,22H,9-10H2,2-3H3. The first-order chi connectivity index (χ1) is 11.0. The zero-order chi connectivity index (χ0) is 16.6. The maximum absolute atomic E-state index is 11.9. The van der Waals surface area contributed by atoms with Crippen LogP contribution in [0.4, 0.5) is 5.82 Å². The van der Waals surface area contributed by atoms with Gasteiger partial charge in [-0.3, -0.25) is 14.6 Å². The van der Waals surface area contributed by atoms with Crippen molar-refractivity contribution in [2.45, 2.75) is 6.92 Å². The van der Waals surface area contributed by atoms with Gasteiger partial charge in [0.25, 0.3) is 0 Å². The van der Waals surface area contributed by atoms with Crippen LogP contribution in [0.25, 0.3) is 11.3 Å². The number of carbonyl (C=O) groups excluding carboxylic acids is 1. The van der Waals surface area contributed by atoms with Gasteiger partial charge in [-0.15, -0.1) is 16.6 Å². The highest BCUT2D eigenvalue weighted by atomic mass is 16.3. The Morgan fingerprint density at radius 1 is 1.30 bits per heavy atom. The third kappa shape index (κ3) is 2.74. The maximum Gasteiger partial charge on any atom is 0.243 e. The molecule has 1 aromatic carbocycles. The summed E-state index contributed by atoms with van der Waals surface area (Å²) in [6.07, 6.45) is 5.32. The van der Waals surface area contributed by atoms with E-state index in [-0.39, 0.29) is 11.7 Å². The monoisotopic (exact) mass is 308 g/mol. The summed E-state index contributed by atoms with van der Waals surface area (Å²) in [5, 5.41) is 18.5. The lowest BCUT2D eigenvalue weighted by Crippen LogP contribution is -2.27. The number of terminal acetylenes is 1. The predicted molar refractivity (Wildman–Crippen MR) is 86.8 cm³/mol. The van der Waals surface area contributed by atoms with Crippen molar-refractivity contribution in [3.63, 3.8) is 0 Å². The number of phenolic OH excluding ortho intramolecular Hbond substituents is 1. The summed E-state index contributed by atoms with van der Waals surface area (Å²) >= 11 is 0. The number of nitrogens with zero attached hydrogens (tertiary/aromatic N) is 4. The highest BCUT2D eigenvalue weighted by Gasteiger charge is 2.27. The molecule has 0 atom stereocenters. The lowest BCUT2D eigenvalue weighted by molar-refractivity contribution is -0.116. The van der Waals surface area contributed by atoms with Gasteiger partial charge in [0.15, 0.2) is 5.82 Å². The van der Waals surface area contributed by atoms with Crippen LogP contribution in [0.5, 0.6) is 5.75 Å². The molecular weight excluding hydrogens is 292 g/mol. The van der Waals surface area contributed by atoms with Crippen molar-refractivity contribution in [3.8, 4) is 29.4 Å². The van der Waals surface area contributed by atoms with E-state index in [4.69, 9.17) is 6.42 Å². The molecule has 6 heteroatoms. The van der Waals surface area contributed by atoms with Crippen molar-refractivity contribution in [3.05, 3.63) is 35.4 Å². The minimum atomic E-state index is -0.00447. The van der Waals surface area contributed by atoms with E-state index in [0.29, 0.717) is 35.9 Å². The Morgan fingerprint density at radius 3 is 2.65 bits per heavy atom. The molecular formula is C17H16N4O2. The van der Waals surface area contributed by atoms with Crippen molar-refractivity contribution in [1.82, 2.24) is 15.1 Å². The molecule has 1 aromatic heterocycles. The highest BCUT2D eigenvalue weighted by molar-refractivity contribution is 5.95. The summed E-state index contributed by atoms with van der Waals surface area (Å²) in [6, 6.07) is 6.77.